The van der Waals surface area contributed by atoms with Crippen LogP contribution < -0.4 is 15.0 Å². The average Bonchev–Trinajstić information content (AvgIpc) is 2.73. The Hall–Kier alpha value is -2.83. The number of carbonyl (C=O) groups excluding carboxylic acids is 3. The molecule has 29 heavy (non-hydrogen) atoms. The van der Waals surface area contributed by atoms with E-state index in [1.54, 1.807) is 7.11 Å². The summed E-state index contributed by atoms with van der Waals surface area (Å²) in [6.07, 6.45) is 6.15. The molecule has 1 saturated heterocycles. The first kappa shape index (κ1) is 20.9. The molecule has 2 fully saturated rings. The smallest absolute Gasteiger partial charge is 0.331 e. The zero-order valence-electron chi connectivity index (χ0n) is 17.4. The van der Waals surface area contributed by atoms with E-state index >= 15 is 0 Å². The monoisotopic (exact) mass is 399 g/mol. The van der Waals surface area contributed by atoms with Crippen molar-refractivity contribution >= 4 is 29.6 Å². The number of benzene rings is 1. The summed E-state index contributed by atoms with van der Waals surface area (Å²) in [5.74, 6) is -0.619. The number of methoxy groups -OCH3 is 1. The summed E-state index contributed by atoms with van der Waals surface area (Å²) < 4.78 is 5.51. The van der Waals surface area contributed by atoms with E-state index in [0.29, 0.717) is 11.3 Å². The van der Waals surface area contributed by atoms with Crippen LogP contribution in [0.3, 0.4) is 0 Å². The van der Waals surface area contributed by atoms with Crippen molar-refractivity contribution in [1.29, 1.82) is 0 Å². The maximum Gasteiger partial charge on any atom is 0.331 e. The second-order valence-corrected chi connectivity index (χ2v) is 7.38. The van der Waals surface area contributed by atoms with Gasteiger partial charge >= 0.3 is 6.03 Å². The number of imide groups is 2. The molecule has 0 bridgehead atoms. The number of amides is 4. The third-order valence-corrected chi connectivity index (χ3v) is 5.72. The minimum absolute atomic E-state index is 0.0379. The second kappa shape index (κ2) is 9.11. The zero-order valence-corrected chi connectivity index (χ0v) is 17.4. The average molecular weight is 399 g/mol. The predicted octanol–water partition coefficient (Wildman–Crippen LogP) is 3.34. The molecule has 2 aliphatic rings. The number of nitrogens with one attached hydrogen (secondary N) is 1. The van der Waals surface area contributed by atoms with Crippen molar-refractivity contribution in [2.24, 2.45) is 0 Å². The van der Waals surface area contributed by atoms with Crippen LogP contribution in [-0.2, 0) is 9.59 Å². The van der Waals surface area contributed by atoms with Crippen molar-refractivity contribution < 1.29 is 19.1 Å². The Kier molecular flexibility index (Phi) is 6.56. The summed E-state index contributed by atoms with van der Waals surface area (Å²) in [7, 11) is 1.56. The van der Waals surface area contributed by atoms with Crippen molar-refractivity contribution in [2.75, 3.05) is 25.1 Å². The summed E-state index contributed by atoms with van der Waals surface area (Å²) >= 11 is 0. The van der Waals surface area contributed by atoms with Crippen LogP contribution in [0.25, 0.3) is 6.08 Å². The van der Waals surface area contributed by atoms with Gasteiger partial charge in [0.1, 0.15) is 11.3 Å². The van der Waals surface area contributed by atoms with E-state index in [1.165, 1.54) is 11.0 Å². The Morgan fingerprint density at radius 3 is 2.45 bits per heavy atom. The molecular formula is C22H29N3O4. The first-order valence-electron chi connectivity index (χ1n) is 10.3. The summed E-state index contributed by atoms with van der Waals surface area (Å²) in [6, 6.07) is 4.90. The summed E-state index contributed by atoms with van der Waals surface area (Å²) in [5.41, 5.74) is 1.59. The summed E-state index contributed by atoms with van der Waals surface area (Å²) in [4.78, 5) is 41.2. The van der Waals surface area contributed by atoms with E-state index in [2.05, 4.69) is 24.1 Å². The molecule has 1 aromatic rings. The molecule has 156 valence electrons. The molecule has 4 amide bonds. The number of ether oxygens (including phenoxy) is 1. The normalized spacial score (nSPS) is 19.5. The van der Waals surface area contributed by atoms with Crippen molar-refractivity contribution in [1.82, 2.24) is 10.2 Å². The van der Waals surface area contributed by atoms with Gasteiger partial charge in [-0.2, -0.15) is 0 Å². The van der Waals surface area contributed by atoms with Crippen molar-refractivity contribution in [2.45, 2.75) is 52.0 Å². The van der Waals surface area contributed by atoms with E-state index in [1.807, 2.05) is 18.2 Å². The lowest BCUT2D eigenvalue weighted by Gasteiger charge is -2.35. The Bertz CT molecular complexity index is 823. The fourth-order valence-corrected chi connectivity index (χ4v) is 4.10. The van der Waals surface area contributed by atoms with Gasteiger partial charge in [-0.3, -0.25) is 19.8 Å². The van der Waals surface area contributed by atoms with Crippen LogP contribution in [0.1, 0.15) is 51.5 Å². The van der Waals surface area contributed by atoms with Gasteiger partial charge in [0.25, 0.3) is 11.8 Å². The number of hydrogen-bond acceptors (Lipinski definition) is 5. The Morgan fingerprint density at radius 1 is 1.14 bits per heavy atom. The predicted molar refractivity (Wildman–Crippen MR) is 112 cm³/mol. The minimum Gasteiger partial charge on any atom is -0.496 e. The largest absolute Gasteiger partial charge is 0.496 e. The number of anilines is 1. The van der Waals surface area contributed by atoms with E-state index in [0.717, 1.165) is 50.9 Å². The first-order chi connectivity index (χ1) is 14.0. The second-order valence-electron chi connectivity index (χ2n) is 7.38. The van der Waals surface area contributed by atoms with Crippen molar-refractivity contribution in [3.63, 3.8) is 0 Å². The number of nitrogens with zero attached hydrogens (tertiary/aromatic N) is 2. The summed E-state index contributed by atoms with van der Waals surface area (Å²) in [5, 5.41) is 2.32. The molecule has 0 atom stereocenters. The maximum absolute atomic E-state index is 13.0. The number of urea groups is 1. The topological polar surface area (TPSA) is 79.0 Å². The highest BCUT2D eigenvalue weighted by molar-refractivity contribution is 6.31. The lowest BCUT2D eigenvalue weighted by Crippen LogP contribution is -2.58. The van der Waals surface area contributed by atoms with E-state index < -0.39 is 17.8 Å². The van der Waals surface area contributed by atoms with Crippen molar-refractivity contribution in [3.05, 3.63) is 29.3 Å². The molecule has 0 aromatic heterocycles. The zero-order chi connectivity index (χ0) is 21.0. The van der Waals surface area contributed by atoms with Crippen LogP contribution in [0.4, 0.5) is 10.5 Å². The van der Waals surface area contributed by atoms with Gasteiger partial charge in [-0.25, -0.2) is 4.79 Å². The van der Waals surface area contributed by atoms with Crippen LogP contribution >= 0.6 is 0 Å². The van der Waals surface area contributed by atoms with Gasteiger partial charge < -0.3 is 9.64 Å². The minimum atomic E-state index is -0.665. The Balaban J connectivity index is 1.94. The highest BCUT2D eigenvalue weighted by atomic mass is 16.5. The van der Waals surface area contributed by atoms with Crippen LogP contribution in [-0.4, -0.2) is 49.0 Å². The molecule has 1 aliphatic carbocycles. The van der Waals surface area contributed by atoms with Gasteiger partial charge in [-0.15, -0.1) is 0 Å². The lowest BCUT2D eigenvalue weighted by atomic mass is 9.93. The molecule has 7 nitrogen and oxygen atoms in total. The van der Waals surface area contributed by atoms with Crippen LogP contribution in [0, 0.1) is 0 Å². The molecule has 0 unspecified atom stereocenters. The molecule has 1 heterocycles. The molecular weight excluding hydrogens is 370 g/mol. The molecule has 1 saturated carbocycles. The molecule has 7 heteroatoms. The van der Waals surface area contributed by atoms with Crippen LogP contribution in [0.5, 0.6) is 5.75 Å². The van der Waals surface area contributed by atoms with Crippen molar-refractivity contribution in [3.8, 4) is 5.75 Å². The van der Waals surface area contributed by atoms with Gasteiger partial charge in [-0.1, -0.05) is 19.3 Å². The lowest BCUT2D eigenvalue weighted by molar-refractivity contribution is -0.132. The Morgan fingerprint density at radius 2 is 1.83 bits per heavy atom. The standard InChI is InChI=1S/C22H29N3O4/c1-4-24(5-2)17-12-11-15(19(14-17)29-3)13-18-20(26)23-22(28)25(21(18)27)16-9-7-6-8-10-16/h11-14,16H,4-10H2,1-3H3,(H,23,26,28)/b18-13+. The number of hydrogen-bond donors (Lipinski definition) is 1. The molecule has 0 spiro atoms. The number of rotatable bonds is 6. The SMILES string of the molecule is CCN(CC)c1ccc(/C=C2\C(=O)NC(=O)N(C3CCCCC3)C2=O)c(OC)c1. The first-order valence-corrected chi connectivity index (χ1v) is 10.3. The quantitative estimate of drug-likeness (QED) is 0.586. The van der Waals surface area contributed by atoms with E-state index in [-0.39, 0.29) is 11.6 Å². The van der Waals surface area contributed by atoms with Gasteiger partial charge in [0.2, 0.25) is 0 Å². The third kappa shape index (κ3) is 4.28. The fourth-order valence-electron chi connectivity index (χ4n) is 4.10. The molecule has 3 rings (SSSR count). The number of carbonyl (C=O) groups is 3. The highest BCUT2D eigenvalue weighted by Gasteiger charge is 2.40. The van der Waals surface area contributed by atoms with Gasteiger partial charge in [0.15, 0.2) is 0 Å². The molecule has 1 aromatic carbocycles. The fraction of sp³-hybridized carbons (Fsp3) is 0.500. The van der Waals surface area contributed by atoms with E-state index in [4.69, 9.17) is 4.74 Å². The van der Waals surface area contributed by atoms with Gasteiger partial charge in [0, 0.05) is 36.4 Å². The summed E-state index contributed by atoms with van der Waals surface area (Å²) in [6.45, 7) is 5.88. The maximum atomic E-state index is 13.0. The number of barbiturate groups is 1. The Labute approximate surface area is 171 Å². The van der Waals surface area contributed by atoms with Crippen LogP contribution in [0.15, 0.2) is 23.8 Å². The third-order valence-electron chi connectivity index (χ3n) is 5.72. The van der Waals surface area contributed by atoms with Gasteiger partial charge in [0.05, 0.1) is 7.11 Å². The van der Waals surface area contributed by atoms with Crippen LogP contribution in [0.2, 0.25) is 0 Å². The van der Waals surface area contributed by atoms with Gasteiger partial charge in [-0.05, 0) is 44.9 Å². The van der Waals surface area contributed by atoms with E-state index in [9.17, 15) is 14.4 Å². The molecule has 0 radical (unpaired) electrons. The molecule has 1 aliphatic heterocycles. The highest BCUT2D eigenvalue weighted by Crippen LogP contribution is 2.30. The molecule has 1 N–H and O–H groups in total.